The van der Waals surface area contributed by atoms with Crippen LogP contribution in [0, 0.1) is 11.7 Å². The number of fused-ring (bicyclic) bond motifs is 1. The smallest absolute Gasteiger partial charge is 0.160 e. The van der Waals surface area contributed by atoms with E-state index in [0.29, 0.717) is 18.7 Å². The zero-order chi connectivity index (χ0) is 17.2. The number of aromatic nitrogens is 1. The van der Waals surface area contributed by atoms with Crippen LogP contribution >= 0.6 is 0 Å². The Labute approximate surface area is 148 Å². The van der Waals surface area contributed by atoms with E-state index in [4.69, 9.17) is 4.74 Å². The van der Waals surface area contributed by atoms with Crippen molar-refractivity contribution in [3.8, 4) is 0 Å². The first-order valence-corrected chi connectivity index (χ1v) is 9.29. The molecule has 0 amide bonds. The first-order chi connectivity index (χ1) is 12.2. The second-order valence-corrected chi connectivity index (χ2v) is 7.46. The lowest BCUT2D eigenvalue weighted by molar-refractivity contribution is 0.125. The average molecular weight is 340 g/mol. The maximum atomic E-state index is 13.7. The van der Waals surface area contributed by atoms with E-state index in [1.54, 1.807) is 18.4 Å². The van der Waals surface area contributed by atoms with E-state index < -0.39 is 0 Å². The molecule has 0 bridgehead atoms. The highest BCUT2D eigenvalue weighted by atomic mass is 19.1. The Morgan fingerprint density at radius 1 is 1.24 bits per heavy atom. The van der Waals surface area contributed by atoms with Gasteiger partial charge in [-0.3, -0.25) is 4.98 Å². The summed E-state index contributed by atoms with van der Waals surface area (Å²) in [6.07, 6.45) is 11.8. The number of pyridine rings is 1. The lowest BCUT2D eigenvalue weighted by Gasteiger charge is -2.33. The minimum atomic E-state index is -0.176. The number of rotatable bonds is 4. The van der Waals surface area contributed by atoms with Crippen LogP contribution in [0.2, 0.25) is 0 Å². The normalized spacial score (nSPS) is 24.5. The van der Waals surface area contributed by atoms with Crippen molar-refractivity contribution in [2.75, 3.05) is 6.73 Å². The molecule has 0 saturated heterocycles. The molecule has 1 aliphatic heterocycles. The highest BCUT2D eigenvalue weighted by Crippen LogP contribution is 2.40. The predicted molar refractivity (Wildman–Crippen MR) is 97.4 cm³/mol. The van der Waals surface area contributed by atoms with Crippen LogP contribution in [0.25, 0.3) is 10.9 Å². The standard InChI is InChI=1S/C21H25FN2O/c1-15(24-10-11-25-14-24)12-16-2-4-17(5-3-16)19-8-9-23-21-7-6-18(22)13-20(19)21/h6-11,13,15-17H,2-5,12,14H2,1H3/t15-,16?,17?/m1/s1. The van der Waals surface area contributed by atoms with E-state index in [0.717, 1.165) is 16.8 Å². The maximum absolute atomic E-state index is 13.7. The van der Waals surface area contributed by atoms with Gasteiger partial charge in [0.05, 0.1) is 5.52 Å². The second-order valence-electron chi connectivity index (χ2n) is 7.46. The Morgan fingerprint density at radius 2 is 2.08 bits per heavy atom. The maximum Gasteiger partial charge on any atom is 0.160 e. The fourth-order valence-corrected chi connectivity index (χ4v) is 4.39. The summed E-state index contributed by atoms with van der Waals surface area (Å²) in [4.78, 5) is 6.65. The molecule has 4 heteroatoms. The van der Waals surface area contributed by atoms with Gasteiger partial charge in [0.1, 0.15) is 12.1 Å². The summed E-state index contributed by atoms with van der Waals surface area (Å²) in [5, 5.41) is 0.985. The van der Waals surface area contributed by atoms with E-state index in [2.05, 4.69) is 22.9 Å². The molecule has 3 nitrogen and oxygen atoms in total. The topological polar surface area (TPSA) is 25.4 Å². The molecule has 132 valence electrons. The molecule has 1 fully saturated rings. The van der Waals surface area contributed by atoms with E-state index in [1.807, 2.05) is 12.4 Å². The molecular weight excluding hydrogens is 315 g/mol. The van der Waals surface area contributed by atoms with Crippen LogP contribution < -0.4 is 0 Å². The van der Waals surface area contributed by atoms with Crippen molar-refractivity contribution in [3.05, 3.63) is 54.3 Å². The number of benzene rings is 1. The molecule has 1 aromatic heterocycles. The zero-order valence-corrected chi connectivity index (χ0v) is 14.7. The van der Waals surface area contributed by atoms with Gasteiger partial charge in [0, 0.05) is 23.8 Å². The van der Waals surface area contributed by atoms with Crippen LogP contribution in [0.3, 0.4) is 0 Å². The van der Waals surface area contributed by atoms with E-state index in [-0.39, 0.29) is 5.82 Å². The van der Waals surface area contributed by atoms with Gasteiger partial charge in [-0.25, -0.2) is 4.39 Å². The fourth-order valence-electron chi connectivity index (χ4n) is 4.39. The zero-order valence-electron chi connectivity index (χ0n) is 14.7. The number of halogens is 1. The highest BCUT2D eigenvalue weighted by Gasteiger charge is 2.26. The Morgan fingerprint density at radius 3 is 2.84 bits per heavy atom. The van der Waals surface area contributed by atoms with Crippen LogP contribution in [0.15, 0.2) is 42.9 Å². The largest absolute Gasteiger partial charge is 0.479 e. The molecule has 0 unspecified atom stereocenters. The van der Waals surface area contributed by atoms with Gasteiger partial charge in [0.25, 0.3) is 0 Å². The Bertz CT molecular complexity index is 768. The van der Waals surface area contributed by atoms with Crippen LogP contribution in [0.1, 0.15) is 50.5 Å². The third kappa shape index (κ3) is 3.48. The van der Waals surface area contributed by atoms with Crippen molar-refractivity contribution in [1.82, 2.24) is 9.88 Å². The summed E-state index contributed by atoms with van der Waals surface area (Å²) < 4.78 is 19.0. The molecule has 25 heavy (non-hydrogen) atoms. The van der Waals surface area contributed by atoms with Crippen molar-refractivity contribution in [2.45, 2.75) is 51.0 Å². The molecule has 0 radical (unpaired) electrons. The molecule has 2 heterocycles. The molecule has 1 aliphatic carbocycles. The van der Waals surface area contributed by atoms with Gasteiger partial charge in [-0.05, 0) is 80.7 Å². The molecular formula is C21H25FN2O. The van der Waals surface area contributed by atoms with Crippen LogP contribution in [0.4, 0.5) is 4.39 Å². The Hall–Kier alpha value is -2.10. The van der Waals surface area contributed by atoms with Gasteiger partial charge < -0.3 is 9.64 Å². The van der Waals surface area contributed by atoms with E-state index in [9.17, 15) is 4.39 Å². The van der Waals surface area contributed by atoms with Gasteiger partial charge in [-0.2, -0.15) is 0 Å². The number of hydrogen-bond donors (Lipinski definition) is 0. The summed E-state index contributed by atoms with van der Waals surface area (Å²) in [7, 11) is 0. The second kappa shape index (κ2) is 7.03. The molecule has 2 aliphatic rings. The molecule has 2 aromatic rings. The molecule has 1 saturated carbocycles. The third-order valence-corrected chi connectivity index (χ3v) is 5.84. The van der Waals surface area contributed by atoms with Crippen molar-refractivity contribution in [3.63, 3.8) is 0 Å². The van der Waals surface area contributed by atoms with Gasteiger partial charge >= 0.3 is 0 Å². The quantitative estimate of drug-likeness (QED) is 0.766. The van der Waals surface area contributed by atoms with Crippen molar-refractivity contribution < 1.29 is 9.13 Å². The SMILES string of the molecule is C[C@H](CC1CCC(c2ccnc3ccc(F)cc23)CC1)N1C=COC1. The summed E-state index contributed by atoms with van der Waals surface area (Å²) in [6.45, 7) is 2.97. The summed E-state index contributed by atoms with van der Waals surface area (Å²) in [5.41, 5.74) is 2.17. The molecule has 4 rings (SSSR count). The van der Waals surface area contributed by atoms with Crippen molar-refractivity contribution >= 4 is 10.9 Å². The van der Waals surface area contributed by atoms with Crippen molar-refractivity contribution in [1.29, 1.82) is 0 Å². The first-order valence-electron chi connectivity index (χ1n) is 9.29. The van der Waals surface area contributed by atoms with Crippen molar-refractivity contribution in [2.24, 2.45) is 5.92 Å². The van der Waals surface area contributed by atoms with Gasteiger partial charge in [-0.1, -0.05) is 0 Å². The van der Waals surface area contributed by atoms with Crippen LogP contribution in [-0.4, -0.2) is 22.7 Å². The molecule has 1 atom stereocenters. The molecule has 0 spiro atoms. The van der Waals surface area contributed by atoms with Gasteiger partial charge in [0.15, 0.2) is 6.73 Å². The van der Waals surface area contributed by atoms with Crippen LogP contribution in [0.5, 0.6) is 0 Å². The van der Waals surface area contributed by atoms with Crippen LogP contribution in [-0.2, 0) is 4.74 Å². The average Bonchev–Trinajstić information content (AvgIpc) is 3.17. The van der Waals surface area contributed by atoms with Gasteiger partial charge in [0.2, 0.25) is 0 Å². The number of ether oxygens (including phenoxy) is 1. The monoisotopic (exact) mass is 340 g/mol. The minimum Gasteiger partial charge on any atom is -0.479 e. The minimum absolute atomic E-state index is 0.176. The Balaban J connectivity index is 1.42. The van der Waals surface area contributed by atoms with E-state index >= 15 is 0 Å². The number of nitrogens with zero attached hydrogens (tertiary/aromatic N) is 2. The Kier molecular flexibility index (Phi) is 4.60. The fraction of sp³-hybridized carbons (Fsp3) is 0.476. The first kappa shape index (κ1) is 16.4. The lowest BCUT2D eigenvalue weighted by Crippen LogP contribution is -2.30. The third-order valence-electron chi connectivity index (χ3n) is 5.84. The predicted octanol–water partition coefficient (Wildman–Crippen LogP) is 5.19. The summed E-state index contributed by atoms with van der Waals surface area (Å²) in [6, 6.07) is 7.53. The summed E-state index contributed by atoms with van der Waals surface area (Å²) >= 11 is 0. The van der Waals surface area contributed by atoms with Gasteiger partial charge in [-0.15, -0.1) is 0 Å². The molecule has 0 N–H and O–H groups in total. The molecule has 1 aromatic carbocycles. The lowest BCUT2D eigenvalue weighted by atomic mass is 9.76. The van der Waals surface area contributed by atoms with E-state index in [1.165, 1.54) is 43.7 Å². The highest BCUT2D eigenvalue weighted by molar-refractivity contribution is 5.82. The summed E-state index contributed by atoms with van der Waals surface area (Å²) in [5.74, 6) is 1.11. The number of hydrogen-bond acceptors (Lipinski definition) is 3.